The Morgan fingerprint density at radius 1 is 1.11 bits per heavy atom. The summed E-state index contributed by atoms with van der Waals surface area (Å²) in [6.07, 6.45) is -8.64. The van der Waals surface area contributed by atoms with Crippen LogP contribution >= 0.6 is 0 Å². The second-order valence-electron chi connectivity index (χ2n) is 8.19. The minimum absolute atomic E-state index is 0.0253. The van der Waals surface area contributed by atoms with Crippen molar-refractivity contribution in [2.45, 2.75) is 45.3 Å². The summed E-state index contributed by atoms with van der Waals surface area (Å²) < 4.78 is 78.4. The Morgan fingerprint density at radius 3 is 2.44 bits per heavy atom. The van der Waals surface area contributed by atoms with Gasteiger partial charge in [-0.2, -0.15) is 36.4 Å². The maximum atomic E-state index is 13.2. The highest BCUT2D eigenvalue weighted by Gasteiger charge is 2.42. The van der Waals surface area contributed by atoms with Crippen LogP contribution in [0.4, 0.5) is 43.8 Å². The minimum atomic E-state index is -5.01. The van der Waals surface area contributed by atoms with Crippen LogP contribution in [0.2, 0.25) is 0 Å². The van der Waals surface area contributed by atoms with Gasteiger partial charge in [0.05, 0.1) is 17.9 Å². The molecule has 0 radical (unpaired) electrons. The van der Waals surface area contributed by atoms with Crippen molar-refractivity contribution < 1.29 is 31.1 Å². The van der Waals surface area contributed by atoms with E-state index in [0.717, 1.165) is 0 Å². The number of pyridine rings is 1. The van der Waals surface area contributed by atoms with Crippen LogP contribution in [0.1, 0.15) is 35.3 Å². The number of nitrogens with one attached hydrogen (secondary N) is 2. The Morgan fingerprint density at radius 2 is 1.83 bits per heavy atom. The van der Waals surface area contributed by atoms with E-state index in [4.69, 9.17) is 0 Å². The summed E-state index contributed by atoms with van der Waals surface area (Å²) in [6, 6.07) is 2.52. The molecule has 15 heteroatoms. The third kappa shape index (κ3) is 5.04. The fraction of sp³-hybridized carbons (Fsp3) is 0.381. The zero-order valence-electron chi connectivity index (χ0n) is 19.2. The largest absolute Gasteiger partial charge is 0.435 e. The molecule has 0 spiro atoms. The van der Waals surface area contributed by atoms with E-state index in [1.807, 2.05) is 0 Å². The number of alkyl halides is 6. The van der Waals surface area contributed by atoms with Gasteiger partial charge in [-0.05, 0) is 25.5 Å². The van der Waals surface area contributed by atoms with Crippen LogP contribution < -0.4 is 15.5 Å². The van der Waals surface area contributed by atoms with Crippen LogP contribution in [0.15, 0.2) is 24.4 Å². The average molecular weight is 514 g/mol. The van der Waals surface area contributed by atoms with Crippen LogP contribution in [0.3, 0.4) is 0 Å². The number of hydrogen-bond donors (Lipinski definition) is 2. The molecule has 0 saturated carbocycles. The van der Waals surface area contributed by atoms with Crippen molar-refractivity contribution >= 4 is 23.4 Å². The molecule has 0 aromatic carbocycles. The summed E-state index contributed by atoms with van der Waals surface area (Å²) >= 11 is 0. The van der Waals surface area contributed by atoms with Gasteiger partial charge in [-0.15, -0.1) is 0 Å². The second-order valence-corrected chi connectivity index (χ2v) is 8.19. The van der Waals surface area contributed by atoms with E-state index in [1.165, 1.54) is 12.3 Å². The molecule has 0 saturated heterocycles. The van der Waals surface area contributed by atoms with E-state index in [0.29, 0.717) is 22.8 Å². The lowest BCUT2D eigenvalue weighted by molar-refractivity contribution is -0.144. The maximum absolute atomic E-state index is 13.2. The summed E-state index contributed by atoms with van der Waals surface area (Å²) in [4.78, 5) is 26.6. The molecule has 0 unspecified atom stereocenters. The number of likely N-dealkylation sites (N-methyl/N-ethyl adjacent to an activating group) is 1. The van der Waals surface area contributed by atoms with Crippen molar-refractivity contribution in [3.63, 3.8) is 0 Å². The Kier molecular flexibility index (Phi) is 6.26. The maximum Gasteiger partial charge on any atom is 0.435 e. The molecule has 3 aromatic rings. The molecule has 2 N–H and O–H groups in total. The molecule has 192 valence electrons. The molecule has 0 fully saturated rings. The van der Waals surface area contributed by atoms with E-state index in [2.05, 4.69) is 30.7 Å². The Bertz CT molecular complexity index is 1290. The molecular formula is C21H20F6N8O. The first-order valence-corrected chi connectivity index (χ1v) is 10.6. The molecule has 0 aliphatic carbocycles. The first-order valence-electron chi connectivity index (χ1n) is 10.6. The van der Waals surface area contributed by atoms with E-state index < -0.39 is 36.3 Å². The zero-order chi connectivity index (χ0) is 26.4. The smallest absolute Gasteiger partial charge is 0.350 e. The first kappa shape index (κ1) is 25.2. The zero-order valence-corrected chi connectivity index (χ0v) is 19.2. The third-order valence-electron chi connectivity index (χ3n) is 5.62. The van der Waals surface area contributed by atoms with Crippen molar-refractivity contribution in [1.29, 1.82) is 0 Å². The van der Waals surface area contributed by atoms with Gasteiger partial charge >= 0.3 is 12.4 Å². The van der Waals surface area contributed by atoms with Crippen LogP contribution in [-0.4, -0.2) is 43.7 Å². The highest BCUT2D eigenvalue weighted by Crippen LogP contribution is 2.35. The van der Waals surface area contributed by atoms with Crippen LogP contribution in [0.5, 0.6) is 0 Å². The fourth-order valence-electron chi connectivity index (χ4n) is 3.52. The predicted molar refractivity (Wildman–Crippen MR) is 116 cm³/mol. The number of nitrogens with zero attached hydrogens (tertiary/aromatic N) is 6. The number of aryl methyl sites for hydroxylation is 1. The summed E-state index contributed by atoms with van der Waals surface area (Å²) in [7, 11) is 1.74. The number of halogens is 6. The topological polar surface area (TPSA) is 101 Å². The molecule has 1 amide bonds. The number of carbonyl (C=O) groups excluding carboxylic acids is 1. The van der Waals surface area contributed by atoms with Gasteiger partial charge in [0.25, 0.3) is 0 Å². The van der Waals surface area contributed by atoms with E-state index in [-0.39, 0.29) is 34.8 Å². The Labute approximate surface area is 200 Å². The molecule has 0 bridgehead atoms. The van der Waals surface area contributed by atoms with Gasteiger partial charge in [0.1, 0.15) is 17.4 Å². The lowest BCUT2D eigenvalue weighted by Crippen LogP contribution is -2.44. The predicted octanol–water partition coefficient (Wildman–Crippen LogP) is 3.85. The van der Waals surface area contributed by atoms with Gasteiger partial charge in [-0.25, -0.2) is 4.98 Å². The number of carbonyl (C=O) groups is 1. The van der Waals surface area contributed by atoms with Gasteiger partial charge < -0.3 is 15.5 Å². The average Bonchev–Trinajstić information content (AvgIpc) is 3.23. The number of hydrogen-bond acceptors (Lipinski definition) is 7. The molecule has 36 heavy (non-hydrogen) atoms. The van der Waals surface area contributed by atoms with Gasteiger partial charge in [0.2, 0.25) is 11.9 Å². The van der Waals surface area contributed by atoms with Crippen molar-refractivity contribution in [1.82, 2.24) is 24.7 Å². The SMILES string of the molecule is Cc1nc(NCc2ccc(Cn3nc(C(F)(F)F)cc3C(F)(F)F)nc2)nc2c1NC(=O)[C@H](C)N2C. The molecule has 4 heterocycles. The molecule has 1 aliphatic rings. The minimum Gasteiger partial charge on any atom is -0.350 e. The van der Waals surface area contributed by atoms with Gasteiger partial charge in [0.15, 0.2) is 11.5 Å². The Balaban J connectivity index is 1.47. The molecule has 3 aromatic heterocycles. The van der Waals surface area contributed by atoms with Crippen molar-refractivity contribution in [3.8, 4) is 0 Å². The highest BCUT2D eigenvalue weighted by molar-refractivity contribution is 6.03. The Hall–Kier alpha value is -3.91. The van der Waals surface area contributed by atoms with Crippen molar-refractivity contribution in [3.05, 3.63) is 52.7 Å². The molecule has 9 nitrogen and oxygen atoms in total. The number of amides is 1. The summed E-state index contributed by atoms with van der Waals surface area (Å²) in [5.41, 5.74) is -1.36. The number of aromatic nitrogens is 5. The van der Waals surface area contributed by atoms with Gasteiger partial charge in [-0.3, -0.25) is 14.5 Å². The van der Waals surface area contributed by atoms with Crippen LogP contribution in [0.25, 0.3) is 0 Å². The number of anilines is 3. The first-order chi connectivity index (χ1) is 16.7. The molecule has 4 rings (SSSR count). The summed E-state index contributed by atoms with van der Waals surface area (Å²) in [5, 5.41) is 8.87. The standard InChI is InChI=1S/C21H20F6N8O/c1-10-16-17(34(3)11(2)18(36)31-16)32-19(30-10)29-8-12-4-5-13(28-7-12)9-35-15(21(25,26)27)6-14(33-35)20(22,23)24/h4-7,11H,8-9H2,1-3H3,(H,31,36)(H,29,30,32)/t11-/m0/s1. The second kappa shape index (κ2) is 8.95. The van der Waals surface area contributed by atoms with E-state index in [9.17, 15) is 31.1 Å². The summed E-state index contributed by atoms with van der Waals surface area (Å²) in [5.74, 6) is 0.663. The van der Waals surface area contributed by atoms with Gasteiger partial charge in [0, 0.05) is 25.9 Å². The molecule has 1 aliphatic heterocycles. The number of rotatable bonds is 5. The van der Waals surface area contributed by atoms with E-state index in [1.54, 1.807) is 31.9 Å². The normalized spacial score (nSPS) is 16.1. The van der Waals surface area contributed by atoms with E-state index >= 15 is 0 Å². The lowest BCUT2D eigenvalue weighted by Gasteiger charge is -2.32. The van der Waals surface area contributed by atoms with Gasteiger partial charge in [-0.1, -0.05) is 6.07 Å². The quantitative estimate of drug-likeness (QED) is 0.499. The molecular weight excluding hydrogens is 494 g/mol. The highest BCUT2D eigenvalue weighted by atomic mass is 19.4. The fourth-order valence-corrected chi connectivity index (χ4v) is 3.52. The number of fused-ring (bicyclic) bond motifs is 1. The lowest BCUT2D eigenvalue weighted by atomic mass is 10.2. The monoisotopic (exact) mass is 514 g/mol. The van der Waals surface area contributed by atoms with Crippen LogP contribution in [-0.2, 0) is 30.2 Å². The third-order valence-corrected chi connectivity index (χ3v) is 5.62. The van der Waals surface area contributed by atoms with Crippen LogP contribution in [0, 0.1) is 6.92 Å². The van der Waals surface area contributed by atoms with Crippen molar-refractivity contribution in [2.75, 3.05) is 22.6 Å². The molecule has 1 atom stereocenters. The van der Waals surface area contributed by atoms with Crippen molar-refractivity contribution in [2.24, 2.45) is 0 Å². The summed E-state index contributed by atoms with van der Waals surface area (Å²) in [6.45, 7) is 3.08.